The largest absolute Gasteiger partial charge is 0.394 e. The molecule has 2 aromatic rings. The number of thiophene rings is 1. The van der Waals surface area contributed by atoms with Crippen LogP contribution in [0.5, 0.6) is 0 Å². The van der Waals surface area contributed by atoms with E-state index in [1.54, 1.807) is 11.3 Å². The number of hydrogen-bond donors (Lipinski definition) is 1. The van der Waals surface area contributed by atoms with Crippen LogP contribution in [0, 0.1) is 0 Å². The van der Waals surface area contributed by atoms with Crippen molar-refractivity contribution in [2.75, 3.05) is 17.7 Å². The number of anilines is 2. The average molecular weight is 343 g/mol. The molecule has 2 aromatic heterocycles. The van der Waals surface area contributed by atoms with E-state index in [4.69, 9.17) is 5.73 Å². The molecule has 0 radical (unpaired) electrons. The number of nitrogens with two attached hydrogens (primary N) is 1. The Labute approximate surface area is 126 Å². The Morgan fingerprint density at radius 3 is 2.84 bits per heavy atom. The van der Waals surface area contributed by atoms with Crippen molar-refractivity contribution in [2.24, 2.45) is 7.05 Å². The Morgan fingerprint density at radius 1 is 1.53 bits per heavy atom. The van der Waals surface area contributed by atoms with Crippen LogP contribution in [0.3, 0.4) is 0 Å². The molecule has 0 saturated carbocycles. The van der Waals surface area contributed by atoms with Gasteiger partial charge in [-0.25, -0.2) is 0 Å². The molecule has 6 heteroatoms. The SMILES string of the molecule is CCCc1nn(C)c(N(C)Cc2csc(Br)c2)c1N. The molecule has 0 atom stereocenters. The fourth-order valence-corrected chi connectivity index (χ4v) is 3.44. The van der Waals surface area contributed by atoms with Crippen LogP contribution in [-0.2, 0) is 20.0 Å². The Hall–Kier alpha value is -1.01. The summed E-state index contributed by atoms with van der Waals surface area (Å²) < 4.78 is 3.03. The summed E-state index contributed by atoms with van der Waals surface area (Å²) in [6.07, 6.45) is 1.99. The number of nitrogens with zero attached hydrogens (tertiary/aromatic N) is 3. The van der Waals surface area contributed by atoms with Crippen molar-refractivity contribution >= 4 is 38.8 Å². The summed E-state index contributed by atoms with van der Waals surface area (Å²) in [5, 5.41) is 6.66. The molecule has 0 unspecified atom stereocenters. The first-order chi connectivity index (χ1) is 9.02. The number of rotatable bonds is 5. The van der Waals surface area contributed by atoms with E-state index in [1.807, 2.05) is 11.7 Å². The van der Waals surface area contributed by atoms with Gasteiger partial charge >= 0.3 is 0 Å². The maximum absolute atomic E-state index is 6.22. The second-order valence-corrected chi connectivity index (χ2v) is 6.96. The van der Waals surface area contributed by atoms with Gasteiger partial charge in [0.15, 0.2) is 0 Å². The average Bonchev–Trinajstić information content (AvgIpc) is 2.85. The van der Waals surface area contributed by atoms with Gasteiger partial charge in [-0.1, -0.05) is 13.3 Å². The molecule has 2 heterocycles. The predicted octanol–water partition coefficient (Wildman–Crippen LogP) is 3.42. The molecular formula is C13H19BrN4S. The van der Waals surface area contributed by atoms with Crippen molar-refractivity contribution in [3.8, 4) is 0 Å². The van der Waals surface area contributed by atoms with Crippen molar-refractivity contribution in [1.29, 1.82) is 0 Å². The van der Waals surface area contributed by atoms with Crippen LogP contribution in [0.4, 0.5) is 11.5 Å². The molecule has 104 valence electrons. The van der Waals surface area contributed by atoms with Crippen molar-refractivity contribution in [2.45, 2.75) is 26.3 Å². The lowest BCUT2D eigenvalue weighted by Gasteiger charge is -2.19. The second-order valence-electron chi connectivity index (χ2n) is 4.67. The van der Waals surface area contributed by atoms with Gasteiger partial charge in [0.1, 0.15) is 5.82 Å². The zero-order valence-electron chi connectivity index (χ0n) is 11.5. The summed E-state index contributed by atoms with van der Waals surface area (Å²) in [5.74, 6) is 0.991. The normalized spacial score (nSPS) is 10.9. The van der Waals surface area contributed by atoms with Crippen molar-refractivity contribution < 1.29 is 0 Å². The predicted molar refractivity (Wildman–Crippen MR) is 85.7 cm³/mol. The highest BCUT2D eigenvalue weighted by Crippen LogP contribution is 2.28. The van der Waals surface area contributed by atoms with Gasteiger partial charge in [-0.05, 0) is 39.4 Å². The molecule has 2 N–H and O–H groups in total. The minimum Gasteiger partial charge on any atom is -0.394 e. The van der Waals surface area contributed by atoms with E-state index in [0.717, 1.165) is 40.4 Å². The van der Waals surface area contributed by atoms with E-state index >= 15 is 0 Å². The molecular weight excluding hydrogens is 324 g/mol. The fourth-order valence-electron chi connectivity index (χ4n) is 2.24. The highest BCUT2D eigenvalue weighted by Gasteiger charge is 2.16. The lowest BCUT2D eigenvalue weighted by Crippen LogP contribution is -2.20. The molecule has 2 rings (SSSR count). The first kappa shape index (κ1) is 14.4. The quantitative estimate of drug-likeness (QED) is 0.905. The standard InChI is InChI=1S/C13H19BrN4S/c1-4-5-10-12(15)13(18(3)16-10)17(2)7-9-6-11(14)19-8-9/h6,8H,4-5,7,15H2,1-3H3. The molecule has 0 saturated heterocycles. The van der Waals surface area contributed by atoms with Crippen LogP contribution in [-0.4, -0.2) is 16.8 Å². The molecule has 0 amide bonds. The first-order valence-electron chi connectivity index (χ1n) is 6.28. The molecule has 4 nitrogen and oxygen atoms in total. The number of nitrogen functional groups attached to an aromatic ring is 1. The second kappa shape index (κ2) is 5.96. The Kier molecular flexibility index (Phi) is 4.52. The molecule has 0 fully saturated rings. The number of aryl methyl sites for hydroxylation is 2. The van der Waals surface area contributed by atoms with Gasteiger partial charge in [0.2, 0.25) is 0 Å². The van der Waals surface area contributed by atoms with Gasteiger partial charge in [-0.3, -0.25) is 4.68 Å². The highest BCUT2D eigenvalue weighted by atomic mass is 79.9. The highest BCUT2D eigenvalue weighted by molar-refractivity contribution is 9.11. The van der Waals surface area contributed by atoms with E-state index in [-0.39, 0.29) is 0 Å². The van der Waals surface area contributed by atoms with E-state index in [2.05, 4.69) is 51.3 Å². The lowest BCUT2D eigenvalue weighted by atomic mass is 10.2. The van der Waals surface area contributed by atoms with Crippen molar-refractivity contribution in [3.63, 3.8) is 0 Å². The monoisotopic (exact) mass is 342 g/mol. The van der Waals surface area contributed by atoms with Crippen LogP contribution >= 0.6 is 27.3 Å². The van der Waals surface area contributed by atoms with Crippen LogP contribution in [0.25, 0.3) is 0 Å². The molecule has 0 bridgehead atoms. The minimum atomic E-state index is 0.807. The summed E-state index contributed by atoms with van der Waals surface area (Å²) in [6, 6.07) is 2.14. The number of hydrogen-bond acceptors (Lipinski definition) is 4. The summed E-state index contributed by atoms with van der Waals surface area (Å²) in [5.41, 5.74) is 9.30. The van der Waals surface area contributed by atoms with Gasteiger partial charge in [-0.15, -0.1) is 11.3 Å². The van der Waals surface area contributed by atoms with Gasteiger partial charge in [-0.2, -0.15) is 5.10 Å². The number of halogens is 1. The fraction of sp³-hybridized carbons (Fsp3) is 0.462. The third kappa shape index (κ3) is 3.12. The van der Waals surface area contributed by atoms with Crippen molar-refractivity contribution in [3.05, 3.63) is 26.5 Å². The van der Waals surface area contributed by atoms with Crippen LogP contribution < -0.4 is 10.6 Å². The topological polar surface area (TPSA) is 47.1 Å². The first-order valence-corrected chi connectivity index (χ1v) is 7.95. The van der Waals surface area contributed by atoms with E-state index < -0.39 is 0 Å². The molecule has 19 heavy (non-hydrogen) atoms. The Balaban J connectivity index is 2.21. The molecule has 0 aliphatic rings. The summed E-state index contributed by atoms with van der Waals surface area (Å²) in [6.45, 7) is 2.97. The van der Waals surface area contributed by atoms with Crippen LogP contribution in [0.1, 0.15) is 24.6 Å². The molecule has 0 aliphatic heterocycles. The third-order valence-electron chi connectivity index (χ3n) is 3.02. The third-order valence-corrected chi connectivity index (χ3v) is 4.57. The van der Waals surface area contributed by atoms with E-state index in [0.29, 0.717) is 0 Å². The molecule has 0 spiro atoms. The van der Waals surface area contributed by atoms with Crippen LogP contribution in [0.2, 0.25) is 0 Å². The molecule has 0 aromatic carbocycles. The lowest BCUT2D eigenvalue weighted by molar-refractivity contribution is 0.713. The van der Waals surface area contributed by atoms with Gasteiger partial charge in [0.05, 0.1) is 15.2 Å². The van der Waals surface area contributed by atoms with Crippen molar-refractivity contribution in [1.82, 2.24) is 9.78 Å². The zero-order chi connectivity index (χ0) is 14.0. The summed E-state index contributed by atoms with van der Waals surface area (Å²) in [4.78, 5) is 2.15. The number of aromatic nitrogens is 2. The summed E-state index contributed by atoms with van der Waals surface area (Å²) >= 11 is 5.19. The van der Waals surface area contributed by atoms with Gasteiger partial charge in [0.25, 0.3) is 0 Å². The maximum atomic E-state index is 6.22. The van der Waals surface area contributed by atoms with Crippen LogP contribution in [0.15, 0.2) is 15.2 Å². The zero-order valence-corrected chi connectivity index (χ0v) is 13.9. The van der Waals surface area contributed by atoms with E-state index in [1.165, 1.54) is 5.56 Å². The Morgan fingerprint density at radius 2 is 2.26 bits per heavy atom. The summed E-state index contributed by atoms with van der Waals surface area (Å²) in [7, 11) is 4.00. The maximum Gasteiger partial charge on any atom is 0.150 e. The minimum absolute atomic E-state index is 0.807. The van der Waals surface area contributed by atoms with E-state index in [9.17, 15) is 0 Å². The van der Waals surface area contributed by atoms with Gasteiger partial charge in [0, 0.05) is 20.6 Å². The molecule has 0 aliphatic carbocycles. The smallest absolute Gasteiger partial charge is 0.150 e. The Bertz CT molecular complexity index is 561. The van der Waals surface area contributed by atoms with Gasteiger partial charge < -0.3 is 10.6 Å².